The van der Waals surface area contributed by atoms with E-state index in [4.69, 9.17) is 23.2 Å². The van der Waals surface area contributed by atoms with E-state index < -0.39 is 0 Å². The zero-order valence-electron chi connectivity index (χ0n) is 19.2. The number of rotatable bonds is 8. The van der Waals surface area contributed by atoms with Gasteiger partial charge in [0.05, 0.1) is 6.10 Å². The number of piperidine rings is 1. The van der Waals surface area contributed by atoms with E-state index in [2.05, 4.69) is 46.5 Å². The van der Waals surface area contributed by atoms with Crippen molar-refractivity contribution in [1.82, 2.24) is 9.80 Å². The molecule has 2 fully saturated rings. The summed E-state index contributed by atoms with van der Waals surface area (Å²) in [6, 6.07) is 8.16. The number of thiophene rings is 1. The summed E-state index contributed by atoms with van der Waals surface area (Å²) in [5, 5.41) is 16.3. The Balaban J connectivity index is 1.36. The number of likely N-dealkylation sites (tertiary alicyclic amines) is 2. The molecule has 1 unspecified atom stereocenters. The number of hydrogen-bond acceptors (Lipinski definition) is 4. The predicted molar refractivity (Wildman–Crippen MR) is 137 cm³/mol. The number of hydrogen-bond donors (Lipinski definition) is 1. The summed E-state index contributed by atoms with van der Waals surface area (Å²) >= 11 is 14.4. The minimum absolute atomic E-state index is 0.155. The predicted octanol–water partition coefficient (Wildman–Crippen LogP) is 6.39. The van der Waals surface area contributed by atoms with Crippen molar-refractivity contribution < 1.29 is 5.11 Å². The number of benzene rings is 1. The Morgan fingerprint density at radius 2 is 1.88 bits per heavy atom. The molecule has 2 aliphatic heterocycles. The first kappa shape index (κ1) is 24.5. The minimum atomic E-state index is -0.155. The van der Waals surface area contributed by atoms with Crippen LogP contribution in [0, 0.1) is 17.8 Å². The first-order valence-corrected chi connectivity index (χ1v) is 13.7. The maximum atomic E-state index is 10.3. The molecule has 3 heterocycles. The molecule has 0 aliphatic carbocycles. The van der Waals surface area contributed by atoms with Gasteiger partial charge in [-0.2, -0.15) is 11.3 Å². The highest BCUT2D eigenvalue weighted by Crippen LogP contribution is 2.37. The normalized spacial score (nSPS) is 24.4. The monoisotopic (exact) mass is 494 g/mol. The maximum Gasteiger partial charge on any atom is 0.0565 e. The molecule has 1 N–H and O–H groups in total. The highest BCUT2D eigenvalue weighted by molar-refractivity contribution is 7.08. The van der Waals surface area contributed by atoms with Gasteiger partial charge in [0.25, 0.3) is 0 Å². The Bertz CT molecular complexity index is 852. The Kier molecular flexibility index (Phi) is 8.58. The average Bonchev–Trinajstić information content (AvgIpc) is 3.41. The number of aliphatic hydroxyl groups excluding tert-OH is 1. The van der Waals surface area contributed by atoms with Gasteiger partial charge in [0.15, 0.2) is 0 Å². The van der Waals surface area contributed by atoms with Crippen molar-refractivity contribution in [2.75, 3.05) is 32.7 Å². The van der Waals surface area contributed by atoms with Gasteiger partial charge in [0.2, 0.25) is 0 Å². The summed E-state index contributed by atoms with van der Waals surface area (Å²) < 4.78 is 0. The Morgan fingerprint density at radius 1 is 1.09 bits per heavy atom. The molecule has 0 amide bonds. The topological polar surface area (TPSA) is 26.7 Å². The van der Waals surface area contributed by atoms with Crippen molar-refractivity contribution in [3.8, 4) is 0 Å². The van der Waals surface area contributed by atoms with Crippen LogP contribution in [-0.4, -0.2) is 53.7 Å². The first-order chi connectivity index (χ1) is 15.4. The molecule has 0 spiro atoms. The number of nitrogens with zero attached hydrogens (tertiary/aromatic N) is 2. The van der Waals surface area contributed by atoms with Crippen LogP contribution in [0.25, 0.3) is 0 Å². The summed E-state index contributed by atoms with van der Waals surface area (Å²) in [6.07, 6.45) is 3.23. The maximum absolute atomic E-state index is 10.3. The highest BCUT2D eigenvalue weighted by atomic mass is 35.5. The van der Waals surface area contributed by atoms with Crippen LogP contribution in [0.5, 0.6) is 0 Å². The molecule has 0 radical (unpaired) electrons. The van der Waals surface area contributed by atoms with Crippen LogP contribution >= 0.6 is 34.5 Å². The van der Waals surface area contributed by atoms with E-state index in [-0.39, 0.29) is 6.10 Å². The second-order valence-electron chi connectivity index (χ2n) is 10.1. The number of aliphatic hydroxyl groups is 1. The molecule has 3 nitrogen and oxygen atoms in total. The summed E-state index contributed by atoms with van der Waals surface area (Å²) in [5.74, 6) is 2.24. The lowest BCUT2D eigenvalue weighted by Crippen LogP contribution is -2.39. The molecule has 0 bridgehead atoms. The molecule has 6 heteroatoms. The van der Waals surface area contributed by atoms with Crippen LogP contribution in [0.4, 0.5) is 0 Å². The molecular formula is C26H36Cl2N2OS. The molecule has 3 atom stereocenters. The van der Waals surface area contributed by atoms with Gasteiger partial charge in [-0.3, -0.25) is 4.90 Å². The van der Waals surface area contributed by atoms with E-state index in [0.717, 1.165) is 56.3 Å². The van der Waals surface area contributed by atoms with Gasteiger partial charge in [0.1, 0.15) is 0 Å². The molecule has 2 saturated heterocycles. The lowest BCUT2D eigenvalue weighted by atomic mass is 9.86. The molecule has 2 aliphatic rings. The highest BCUT2D eigenvalue weighted by Gasteiger charge is 2.36. The zero-order valence-corrected chi connectivity index (χ0v) is 21.5. The van der Waals surface area contributed by atoms with E-state index in [0.29, 0.717) is 28.7 Å². The van der Waals surface area contributed by atoms with Crippen molar-refractivity contribution in [3.05, 3.63) is 56.2 Å². The third kappa shape index (κ3) is 6.28. The molecule has 32 heavy (non-hydrogen) atoms. The summed E-state index contributed by atoms with van der Waals surface area (Å²) in [7, 11) is 0. The molecule has 2 aromatic rings. The molecule has 1 aromatic heterocycles. The van der Waals surface area contributed by atoms with Gasteiger partial charge in [0, 0.05) is 42.1 Å². The lowest BCUT2D eigenvalue weighted by molar-refractivity contribution is 0.0726. The standard InChI is InChI=1S/C26H36Cl2N2OS/c1-18(2)26(31)11-19-5-8-29(9-6-19)14-22-15-30(16-24(22)21-7-10-32-17-21)13-20-3-4-23(27)12-25(20)28/h3-4,7,10,12,17-19,22,24,26,31H,5-6,8-9,11,13-16H2,1-2H3/t22-,24+,26?/m0/s1. The van der Waals surface area contributed by atoms with Crippen molar-refractivity contribution in [2.24, 2.45) is 17.8 Å². The van der Waals surface area contributed by atoms with Gasteiger partial charge >= 0.3 is 0 Å². The molecular weight excluding hydrogens is 459 g/mol. The van der Waals surface area contributed by atoms with E-state index in [1.807, 2.05) is 12.1 Å². The van der Waals surface area contributed by atoms with Gasteiger partial charge in [-0.15, -0.1) is 0 Å². The first-order valence-electron chi connectivity index (χ1n) is 12.0. The Morgan fingerprint density at radius 3 is 2.53 bits per heavy atom. The van der Waals surface area contributed by atoms with Gasteiger partial charge in [-0.1, -0.05) is 43.1 Å². The van der Waals surface area contributed by atoms with E-state index >= 15 is 0 Å². The zero-order chi connectivity index (χ0) is 22.7. The summed E-state index contributed by atoms with van der Waals surface area (Å²) in [4.78, 5) is 5.23. The van der Waals surface area contributed by atoms with Crippen LogP contribution in [-0.2, 0) is 6.54 Å². The molecule has 4 rings (SSSR count). The lowest BCUT2D eigenvalue weighted by Gasteiger charge is -2.35. The summed E-state index contributed by atoms with van der Waals surface area (Å²) in [5.41, 5.74) is 2.64. The quantitative estimate of drug-likeness (QED) is 0.460. The average molecular weight is 496 g/mol. The Labute approximate surface area is 207 Å². The fraction of sp³-hybridized carbons (Fsp3) is 0.615. The summed E-state index contributed by atoms with van der Waals surface area (Å²) in [6.45, 7) is 10.8. The van der Waals surface area contributed by atoms with Gasteiger partial charge < -0.3 is 10.0 Å². The minimum Gasteiger partial charge on any atom is -0.393 e. The Hall–Kier alpha value is -0.620. The van der Waals surface area contributed by atoms with Crippen molar-refractivity contribution in [2.45, 2.75) is 51.7 Å². The largest absolute Gasteiger partial charge is 0.393 e. The van der Waals surface area contributed by atoms with Gasteiger partial charge in [-0.05, 0) is 90.2 Å². The smallest absolute Gasteiger partial charge is 0.0565 e. The SMILES string of the molecule is CC(C)C(O)CC1CCN(C[C@H]2CN(Cc3ccc(Cl)cc3Cl)C[C@@H]2c2ccsc2)CC1. The molecule has 176 valence electrons. The van der Waals surface area contributed by atoms with E-state index in [1.54, 1.807) is 11.3 Å². The third-order valence-electron chi connectivity index (χ3n) is 7.44. The third-order valence-corrected chi connectivity index (χ3v) is 8.73. The van der Waals surface area contributed by atoms with Crippen molar-refractivity contribution in [1.29, 1.82) is 0 Å². The second kappa shape index (κ2) is 11.2. The van der Waals surface area contributed by atoms with Crippen LogP contribution < -0.4 is 0 Å². The second-order valence-corrected chi connectivity index (χ2v) is 11.8. The van der Waals surface area contributed by atoms with Crippen LogP contribution in [0.1, 0.15) is 50.2 Å². The van der Waals surface area contributed by atoms with Crippen LogP contribution in [0.2, 0.25) is 10.0 Å². The fourth-order valence-corrected chi connectivity index (χ4v) is 6.57. The van der Waals surface area contributed by atoms with Crippen molar-refractivity contribution >= 4 is 34.5 Å². The van der Waals surface area contributed by atoms with E-state index in [1.165, 1.54) is 18.4 Å². The molecule has 0 saturated carbocycles. The van der Waals surface area contributed by atoms with E-state index in [9.17, 15) is 5.11 Å². The van der Waals surface area contributed by atoms with Crippen LogP contribution in [0.15, 0.2) is 35.0 Å². The van der Waals surface area contributed by atoms with Gasteiger partial charge in [-0.25, -0.2) is 0 Å². The van der Waals surface area contributed by atoms with Crippen LogP contribution in [0.3, 0.4) is 0 Å². The fourth-order valence-electron chi connectivity index (χ4n) is 5.38. The molecule has 1 aromatic carbocycles. The van der Waals surface area contributed by atoms with Crippen molar-refractivity contribution in [3.63, 3.8) is 0 Å². The number of halogens is 2.